The number of likely N-dealkylation sites (tertiary alicyclic amines) is 1. The van der Waals surface area contributed by atoms with Crippen LogP contribution in [0.5, 0.6) is 5.75 Å². The van der Waals surface area contributed by atoms with E-state index in [4.69, 9.17) is 4.74 Å². The monoisotopic (exact) mass is 347 g/mol. The minimum absolute atomic E-state index is 0.266. The fourth-order valence-electron chi connectivity index (χ4n) is 3.45. The number of hydrogen-bond acceptors (Lipinski definition) is 5. The second-order valence-electron chi connectivity index (χ2n) is 6.94. The number of β-amino-alcohol motifs (C(OH)–C–C–N with tert-alkyl or cyclic N) is 1. The maximum absolute atomic E-state index is 12.2. The highest BCUT2D eigenvalue weighted by Gasteiger charge is 2.24. The van der Waals surface area contributed by atoms with Crippen LogP contribution in [0, 0.1) is 0 Å². The standard InChI is InChI=1S/C19H29N3O3/c23-17(16-25-18-6-2-1-3-7-18)14-20-10-12-21(13-11-20)15-19(24)22-8-4-5-9-22/h1-3,6-7,17,23H,4-5,8-16H2. The molecule has 0 saturated carbocycles. The molecule has 138 valence electrons. The summed E-state index contributed by atoms with van der Waals surface area (Å²) < 4.78 is 5.60. The van der Waals surface area contributed by atoms with Crippen LogP contribution in [0.2, 0.25) is 0 Å². The molecule has 2 saturated heterocycles. The van der Waals surface area contributed by atoms with Gasteiger partial charge < -0.3 is 14.7 Å². The number of carbonyl (C=O) groups is 1. The Hall–Kier alpha value is -1.63. The minimum atomic E-state index is -0.502. The Morgan fingerprint density at radius 2 is 1.64 bits per heavy atom. The summed E-state index contributed by atoms with van der Waals surface area (Å²) in [5.74, 6) is 1.05. The maximum atomic E-state index is 12.2. The normalized spacial score (nSPS) is 20.6. The topological polar surface area (TPSA) is 56.3 Å². The Morgan fingerprint density at radius 3 is 2.32 bits per heavy atom. The van der Waals surface area contributed by atoms with Crippen LogP contribution in [0.4, 0.5) is 0 Å². The second kappa shape index (κ2) is 9.17. The number of carbonyl (C=O) groups excluding carboxylic acids is 1. The molecule has 0 bridgehead atoms. The van der Waals surface area contributed by atoms with Gasteiger partial charge in [0.1, 0.15) is 18.5 Å². The van der Waals surface area contributed by atoms with E-state index in [-0.39, 0.29) is 5.91 Å². The third-order valence-electron chi connectivity index (χ3n) is 4.94. The Morgan fingerprint density at radius 1 is 1.00 bits per heavy atom. The van der Waals surface area contributed by atoms with Gasteiger partial charge in [-0.05, 0) is 25.0 Å². The third-order valence-corrected chi connectivity index (χ3v) is 4.94. The lowest BCUT2D eigenvalue weighted by molar-refractivity contribution is -0.131. The molecular weight excluding hydrogens is 318 g/mol. The van der Waals surface area contributed by atoms with Crippen LogP contribution in [0.3, 0.4) is 0 Å². The van der Waals surface area contributed by atoms with Crippen LogP contribution < -0.4 is 4.74 Å². The van der Waals surface area contributed by atoms with Gasteiger partial charge in [-0.2, -0.15) is 0 Å². The summed E-state index contributed by atoms with van der Waals surface area (Å²) >= 11 is 0. The molecule has 3 rings (SSSR count). The minimum Gasteiger partial charge on any atom is -0.491 e. The number of benzene rings is 1. The summed E-state index contributed by atoms with van der Waals surface area (Å²) in [6.07, 6.45) is 1.78. The van der Waals surface area contributed by atoms with E-state index in [0.717, 1.165) is 57.9 Å². The van der Waals surface area contributed by atoms with Gasteiger partial charge in [0, 0.05) is 45.8 Å². The van der Waals surface area contributed by atoms with E-state index in [1.807, 2.05) is 35.2 Å². The molecule has 1 N–H and O–H groups in total. The van der Waals surface area contributed by atoms with Crippen molar-refractivity contribution in [2.75, 3.05) is 59.0 Å². The zero-order valence-corrected chi connectivity index (χ0v) is 14.8. The molecule has 0 aliphatic carbocycles. The summed E-state index contributed by atoms with van der Waals surface area (Å²) in [5.41, 5.74) is 0. The van der Waals surface area contributed by atoms with Gasteiger partial charge in [-0.1, -0.05) is 18.2 Å². The van der Waals surface area contributed by atoms with Gasteiger partial charge in [-0.25, -0.2) is 0 Å². The molecular formula is C19H29N3O3. The molecule has 2 aliphatic heterocycles. The summed E-state index contributed by atoms with van der Waals surface area (Å²) in [6.45, 7) is 6.83. The van der Waals surface area contributed by atoms with E-state index < -0.39 is 6.10 Å². The third kappa shape index (κ3) is 5.70. The van der Waals surface area contributed by atoms with Crippen LogP contribution in [-0.4, -0.2) is 90.8 Å². The predicted molar refractivity (Wildman–Crippen MR) is 96.6 cm³/mol. The molecule has 1 aromatic rings. The largest absolute Gasteiger partial charge is 0.491 e. The number of para-hydroxylation sites is 1. The van der Waals surface area contributed by atoms with Crippen LogP contribution in [-0.2, 0) is 4.79 Å². The van der Waals surface area contributed by atoms with Crippen molar-refractivity contribution >= 4 is 5.91 Å². The first-order valence-corrected chi connectivity index (χ1v) is 9.29. The predicted octanol–water partition coefficient (Wildman–Crippen LogP) is 0.666. The number of ether oxygens (including phenoxy) is 1. The number of piperazine rings is 1. The van der Waals surface area contributed by atoms with E-state index in [2.05, 4.69) is 9.80 Å². The zero-order valence-electron chi connectivity index (χ0n) is 14.8. The molecule has 0 radical (unpaired) electrons. The van der Waals surface area contributed by atoms with Gasteiger partial charge in [0.25, 0.3) is 0 Å². The summed E-state index contributed by atoms with van der Waals surface area (Å²) in [6, 6.07) is 9.57. The number of amides is 1. The number of rotatable bonds is 7. The Balaban J connectivity index is 1.32. The van der Waals surface area contributed by atoms with Crippen molar-refractivity contribution in [3.8, 4) is 5.75 Å². The Labute approximate surface area is 150 Å². The van der Waals surface area contributed by atoms with Gasteiger partial charge in [0.15, 0.2) is 0 Å². The maximum Gasteiger partial charge on any atom is 0.236 e. The summed E-state index contributed by atoms with van der Waals surface area (Å²) in [7, 11) is 0. The van der Waals surface area contributed by atoms with Gasteiger partial charge in [-0.3, -0.25) is 14.6 Å². The van der Waals surface area contributed by atoms with Crippen molar-refractivity contribution in [3.05, 3.63) is 30.3 Å². The van der Waals surface area contributed by atoms with Crippen LogP contribution in [0.25, 0.3) is 0 Å². The van der Waals surface area contributed by atoms with Crippen molar-refractivity contribution in [2.24, 2.45) is 0 Å². The van der Waals surface area contributed by atoms with E-state index in [9.17, 15) is 9.90 Å². The molecule has 2 aliphatic rings. The Kier molecular flexibility index (Phi) is 6.67. The molecule has 0 spiro atoms. The average Bonchev–Trinajstić information content (AvgIpc) is 3.17. The van der Waals surface area contributed by atoms with Crippen LogP contribution in [0.1, 0.15) is 12.8 Å². The molecule has 1 unspecified atom stereocenters. The van der Waals surface area contributed by atoms with Gasteiger partial charge in [-0.15, -0.1) is 0 Å². The average molecular weight is 347 g/mol. The van der Waals surface area contributed by atoms with Crippen LogP contribution >= 0.6 is 0 Å². The van der Waals surface area contributed by atoms with Crippen molar-refractivity contribution in [2.45, 2.75) is 18.9 Å². The number of nitrogens with zero attached hydrogens (tertiary/aromatic N) is 3. The first kappa shape index (κ1) is 18.2. The van der Waals surface area contributed by atoms with Crippen molar-refractivity contribution in [1.29, 1.82) is 0 Å². The van der Waals surface area contributed by atoms with E-state index in [1.54, 1.807) is 0 Å². The van der Waals surface area contributed by atoms with Gasteiger partial charge in [0.05, 0.1) is 6.54 Å². The molecule has 1 atom stereocenters. The lowest BCUT2D eigenvalue weighted by Gasteiger charge is -2.35. The van der Waals surface area contributed by atoms with Gasteiger partial charge in [0.2, 0.25) is 5.91 Å². The molecule has 6 nitrogen and oxygen atoms in total. The molecule has 2 heterocycles. The van der Waals surface area contributed by atoms with E-state index >= 15 is 0 Å². The number of aliphatic hydroxyl groups is 1. The smallest absolute Gasteiger partial charge is 0.236 e. The van der Waals surface area contributed by atoms with Crippen LogP contribution in [0.15, 0.2) is 30.3 Å². The quantitative estimate of drug-likeness (QED) is 0.786. The van der Waals surface area contributed by atoms with E-state index in [1.165, 1.54) is 0 Å². The van der Waals surface area contributed by atoms with Crippen molar-refractivity contribution in [3.63, 3.8) is 0 Å². The van der Waals surface area contributed by atoms with Gasteiger partial charge >= 0.3 is 0 Å². The van der Waals surface area contributed by atoms with Crippen molar-refractivity contribution in [1.82, 2.24) is 14.7 Å². The second-order valence-corrected chi connectivity index (χ2v) is 6.94. The first-order valence-electron chi connectivity index (χ1n) is 9.29. The fourth-order valence-corrected chi connectivity index (χ4v) is 3.45. The Bertz CT molecular complexity index is 526. The molecule has 1 aromatic carbocycles. The number of hydrogen-bond donors (Lipinski definition) is 1. The molecule has 25 heavy (non-hydrogen) atoms. The lowest BCUT2D eigenvalue weighted by Crippen LogP contribution is -2.51. The van der Waals surface area contributed by atoms with Crippen molar-refractivity contribution < 1.29 is 14.6 Å². The summed E-state index contributed by atoms with van der Waals surface area (Å²) in [5, 5.41) is 10.2. The molecule has 1 amide bonds. The molecule has 2 fully saturated rings. The molecule has 0 aromatic heterocycles. The highest BCUT2D eigenvalue weighted by atomic mass is 16.5. The number of aliphatic hydroxyl groups excluding tert-OH is 1. The summed E-state index contributed by atoms with van der Waals surface area (Å²) in [4.78, 5) is 18.7. The molecule has 6 heteroatoms. The lowest BCUT2D eigenvalue weighted by atomic mass is 10.2. The first-order chi connectivity index (χ1) is 12.2. The SMILES string of the molecule is O=C(CN1CCN(CC(O)COc2ccccc2)CC1)N1CCCC1. The fraction of sp³-hybridized carbons (Fsp3) is 0.632. The van der Waals surface area contributed by atoms with E-state index in [0.29, 0.717) is 19.7 Å². The highest BCUT2D eigenvalue weighted by Crippen LogP contribution is 2.11. The highest BCUT2D eigenvalue weighted by molar-refractivity contribution is 5.78. The zero-order chi connectivity index (χ0) is 17.5.